The van der Waals surface area contributed by atoms with E-state index in [0.717, 1.165) is 18.5 Å². The lowest BCUT2D eigenvalue weighted by Crippen LogP contribution is -2.57. The molecule has 0 amide bonds. The highest BCUT2D eigenvalue weighted by Crippen LogP contribution is 2.46. The van der Waals surface area contributed by atoms with E-state index >= 15 is 0 Å². The molecule has 2 nitrogen and oxygen atoms in total. The first-order valence-electron chi connectivity index (χ1n) is 8.35. The summed E-state index contributed by atoms with van der Waals surface area (Å²) in [6.07, 6.45) is 9.44. The topological polar surface area (TPSA) is 29.3 Å². The Kier molecular flexibility index (Phi) is 4.62. The summed E-state index contributed by atoms with van der Waals surface area (Å²) < 4.78 is 0. The van der Waals surface area contributed by atoms with E-state index in [-0.39, 0.29) is 0 Å². The molecule has 0 unspecified atom stereocenters. The van der Waals surface area contributed by atoms with Crippen LogP contribution in [0.25, 0.3) is 0 Å². The van der Waals surface area contributed by atoms with E-state index in [1.54, 1.807) is 0 Å². The van der Waals surface area contributed by atoms with Gasteiger partial charge in [0.2, 0.25) is 0 Å². The zero-order valence-corrected chi connectivity index (χ0v) is 13.5. The molecule has 2 N–H and O–H groups in total. The van der Waals surface area contributed by atoms with E-state index in [2.05, 4.69) is 32.6 Å². The van der Waals surface area contributed by atoms with Crippen LogP contribution in [0.3, 0.4) is 0 Å². The van der Waals surface area contributed by atoms with E-state index in [1.807, 2.05) is 0 Å². The van der Waals surface area contributed by atoms with Gasteiger partial charge in [-0.25, -0.2) is 0 Å². The molecule has 112 valence electrons. The highest BCUT2D eigenvalue weighted by Gasteiger charge is 2.46. The minimum atomic E-state index is 0.325. The molecule has 19 heavy (non-hydrogen) atoms. The molecule has 0 aromatic rings. The molecule has 0 atom stereocenters. The predicted molar refractivity (Wildman–Crippen MR) is 83.2 cm³/mol. The maximum atomic E-state index is 6.26. The van der Waals surface area contributed by atoms with Gasteiger partial charge in [-0.1, -0.05) is 27.7 Å². The van der Waals surface area contributed by atoms with Gasteiger partial charge >= 0.3 is 0 Å². The molecule has 0 aliphatic heterocycles. The van der Waals surface area contributed by atoms with Gasteiger partial charge in [-0.2, -0.15) is 0 Å². The molecule has 2 saturated carbocycles. The lowest BCUT2D eigenvalue weighted by atomic mass is 9.68. The Balaban J connectivity index is 2.04. The van der Waals surface area contributed by atoms with Crippen LogP contribution in [-0.4, -0.2) is 29.6 Å². The number of rotatable bonds is 6. The molecular formula is C17H34N2. The van der Waals surface area contributed by atoms with Gasteiger partial charge in [0.25, 0.3) is 0 Å². The number of hydrogen-bond acceptors (Lipinski definition) is 2. The molecule has 2 fully saturated rings. The smallest absolute Gasteiger partial charge is 0.0335 e. The highest BCUT2D eigenvalue weighted by molar-refractivity contribution is 5.02. The molecule has 0 bridgehead atoms. The standard InChI is InChI=1S/C17H34N2/c1-14(2)7-12-19(15-5-6-15)17(13-18)10-8-16(3,4)9-11-17/h14-15H,5-13,18H2,1-4H3. The van der Waals surface area contributed by atoms with Crippen molar-refractivity contribution in [1.29, 1.82) is 0 Å². The van der Waals surface area contributed by atoms with Crippen LogP contribution < -0.4 is 5.73 Å². The Hall–Kier alpha value is -0.0800. The summed E-state index contributed by atoms with van der Waals surface area (Å²) in [4.78, 5) is 2.82. The van der Waals surface area contributed by atoms with Crippen LogP contribution in [0.15, 0.2) is 0 Å². The predicted octanol–water partition coefficient (Wildman–Crippen LogP) is 3.79. The molecule has 0 heterocycles. The van der Waals surface area contributed by atoms with Crippen LogP contribution in [-0.2, 0) is 0 Å². The van der Waals surface area contributed by atoms with Crippen molar-refractivity contribution in [2.75, 3.05) is 13.1 Å². The van der Waals surface area contributed by atoms with E-state index in [9.17, 15) is 0 Å². The van der Waals surface area contributed by atoms with Crippen molar-refractivity contribution in [1.82, 2.24) is 4.90 Å². The van der Waals surface area contributed by atoms with Gasteiger partial charge in [-0.05, 0) is 62.8 Å². The summed E-state index contributed by atoms with van der Waals surface area (Å²) in [5, 5.41) is 0. The van der Waals surface area contributed by atoms with Crippen molar-refractivity contribution in [3.63, 3.8) is 0 Å². The fourth-order valence-electron chi connectivity index (χ4n) is 3.59. The van der Waals surface area contributed by atoms with Crippen molar-refractivity contribution >= 4 is 0 Å². The van der Waals surface area contributed by atoms with E-state index < -0.39 is 0 Å². The molecule has 0 radical (unpaired) electrons. The quantitative estimate of drug-likeness (QED) is 0.792. The van der Waals surface area contributed by atoms with Gasteiger partial charge in [0.05, 0.1) is 0 Å². The Bertz CT molecular complexity index is 282. The Labute approximate surface area is 120 Å². The summed E-state index contributed by atoms with van der Waals surface area (Å²) >= 11 is 0. The third-order valence-corrected chi connectivity index (χ3v) is 5.46. The first-order valence-corrected chi connectivity index (χ1v) is 8.35. The Morgan fingerprint density at radius 3 is 2.11 bits per heavy atom. The summed E-state index contributed by atoms with van der Waals surface area (Å²) in [5.74, 6) is 0.802. The van der Waals surface area contributed by atoms with Gasteiger partial charge in [0.1, 0.15) is 0 Å². The molecule has 2 aliphatic carbocycles. The van der Waals surface area contributed by atoms with Crippen LogP contribution >= 0.6 is 0 Å². The molecule has 0 aromatic carbocycles. The van der Waals surface area contributed by atoms with E-state index in [4.69, 9.17) is 5.73 Å². The summed E-state index contributed by atoms with van der Waals surface area (Å²) in [6.45, 7) is 11.6. The highest BCUT2D eigenvalue weighted by atomic mass is 15.3. The maximum Gasteiger partial charge on any atom is 0.0335 e. The Morgan fingerprint density at radius 1 is 1.11 bits per heavy atom. The molecule has 0 spiro atoms. The van der Waals surface area contributed by atoms with Gasteiger partial charge < -0.3 is 5.73 Å². The molecule has 2 aliphatic rings. The number of nitrogens with zero attached hydrogens (tertiary/aromatic N) is 1. The SMILES string of the molecule is CC(C)CCN(C1CC1)C1(CN)CCC(C)(C)CC1. The van der Waals surface area contributed by atoms with Crippen LogP contribution in [0.4, 0.5) is 0 Å². The molecular weight excluding hydrogens is 232 g/mol. The lowest BCUT2D eigenvalue weighted by molar-refractivity contribution is 0.0138. The zero-order chi connectivity index (χ0) is 14.1. The fraction of sp³-hybridized carbons (Fsp3) is 1.00. The van der Waals surface area contributed by atoms with E-state index in [0.29, 0.717) is 11.0 Å². The van der Waals surface area contributed by atoms with Crippen molar-refractivity contribution in [2.45, 2.75) is 84.2 Å². The van der Waals surface area contributed by atoms with Crippen LogP contribution in [0.2, 0.25) is 0 Å². The van der Waals surface area contributed by atoms with Crippen LogP contribution in [0.5, 0.6) is 0 Å². The average molecular weight is 266 g/mol. The first kappa shape index (κ1) is 15.3. The summed E-state index contributed by atoms with van der Waals surface area (Å²) in [6, 6.07) is 0.850. The van der Waals surface area contributed by atoms with Gasteiger partial charge in [0.15, 0.2) is 0 Å². The zero-order valence-electron chi connectivity index (χ0n) is 13.5. The fourth-order valence-corrected chi connectivity index (χ4v) is 3.59. The van der Waals surface area contributed by atoms with Crippen molar-refractivity contribution in [3.8, 4) is 0 Å². The van der Waals surface area contributed by atoms with Gasteiger partial charge in [-0.15, -0.1) is 0 Å². The van der Waals surface area contributed by atoms with Gasteiger partial charge in [-0.3, -0.25) is 4.90 Å². The van der Waals surface area contributed by atoms with Crippen molar-refractivity contribution < 1.29 is 0 Å². The van der Waals surface area contributed by atoms with Crippen LogP contribution in [0.1, 0.15) is 72.6 Å². The number of nitrogens with two attached hydrogens (primary N) is 1. The van der Waals surface area contributed by atoms with Gasteiger partial charge in [0, 0.05) is 18.1 Å². The molecule has 0 aromatic heterocycles. The van der Waals surface area contributed by atoms with E-state index in [1.165, 1.54) is 51.5 Å². The monoisotopic (exact) mass is 266 g/mol. The third-order valence-electron chi connectivity index (χ3n) is 5.46. The summed E-state index contributed by atoms with van der Waals surface area (Å²) in [7, 11) is 0. The van der Waals surface area contributed by atoms with Crippen molar-refractivity contribution in [3.05, 3.63) is 0 Å². The second-order valence-corrected chi connectivity index (χ2v) is 8.20. The molecule has 2 rings (SSSR count). The minimum absolute atomic E-state index is 0.325. The first-order chi connectivity index (χ1) is 8.88. The lowest BCUT2D eigenvalue weighted by Gasteiger charge is -2.50. The van der Waals surface area contributed by atoms with Crippen molar-refractivity contribution in [2.24, 2.45) is 17.1 Å². The van der Waals surface area contributed by atoms with Crippen LogP contribution in [0, 0.1) is 11.3 Å². The largest absolute Gasteiger partial charge is 0.329 e. The molecule has 2 heteroatoms. The second-order valence-electron chi connectivity index (χ2n) is 8.20. The summed E-state index contributed by atoms with van der Waals surface area (Å²) in [5.41, 5.74) is 7.12. The average Bonchev–Trinajstić information content (AvgIpc) is 3.16. The minimum Gasteiger partial charge on any atom is -0.329 e. The Morgan fingerprint density at radius 2 is 1.68 bits per heavy atom. The maximum absolute atomic E-state index is 6.26. The number of hydrogen-bond donors (Lipinski definition) is 1. The molecule has 0 saturated heterocycles. The second kappa shape index (κ2) is 5.73. The normalized spacial score (nSPS) is 26.1. The third kappa shape index (κ3) is 3.72.